The van der Waals surface area contributed by atoms with Crippen molar-refractivity contribution in [3.63, 3.8) is 0 Å². The molecule has 0 heterocycles. The molecule has 0 saturated heterocycles. The van der Waals surface area contributed by atoms with Crippen LogP contribution < -0.4 is 5.73 Å². The predicted octanol–water partition coefficient (Wildman–Crippen LogP) is 0.412. The highest BCUT2D eigenvalue weighted by Gasteiger charge is 2.34. The summed E-state index contributed by atoms with van der Waals surface area (Å²) >= 11 is 0. The van der Waals surface area contributed by atoms with Gasteiger partial charge in [-0.25, -0.2) is 8.42 Å². The monoisotopic (exact) mass is 252 g/mol. The zero-order valence-corrected chi connectivity index (χ0v) is 11.5. The standard InChI is InChI=1S/C10H24N2O3S/c1-10(2,3)16(13,14)12(7-5-6-11)8-9-15-4/h5-9,11H2,1-4H3. The topological polar surface area (TPSA) is 72.6 Å². The number of nitrogens with two attached hydrogens (primary N) is 1. The second-order valence-corrected chi connectivity index (χ2v) is 7.34. The number of nitrogens with zero attached hydrogens (tertiary/aromatic N) is 1. The van der Waals surface area contributed by atoms with Gasteiger partial charge in [-0.15, -0.1) is 0 Å². The Hall–Kier alpha value is -0.170. The minimum atomic E-state index is -3.29. The van der Waals surface area contributed by atoms with Gasteiger partial charge in [-0.1, -0.05) is 0 Å². The van der Waals surface area contributed by atoms with Crippen molar-refractivity contribution >= 4 is 10.0 Å². The molecule has 6 heteroatoms. The fraction of sp³-hybridized carbons (Fsp3) is 1.00. The summed E-state index contributed by atoms with van der Waals surface area (Å²) in [5.41, 5.74) is 5.41. The molecule has 0 radical (unpaired) electrons. The SMILES string of the molecule is COCCN(CCCN)S(=O)(=O)C(C)(C)C. The Bertz CT molecular complexity index is 275. The minimum absolute atomic E-state index is 0.385. The molecule has 2 N–H and O–H groups in total. The quantitative estimate of drug-likeness (QED) is 0.712. The van der Waals surface area contributed by atoms with E-state index in [9.17, 15) is 8.42 Å². The molecule has 98 valence electrons. The Kier molecular flexibility index (Phi) is 6.47. The van der Waals surface area contributed by atoms with Crippen LogP contribution >= 0.6 is 0 Å². The van der Waals surface area contributed by atoms with E-state index in [4.69, 9.17) is 10.5 Å². The van der Waals surface area contributed by atoms with Crippen LogP contribution in [0.3, 0.4) is 0 Å². The first-order valence-corrected chi connectivity index (χ1v) is 6.90. The summed E-state index contributed by atoms with van der Waals surface area (Å²) in [4.78, 5) is 0. The Morgan fingerprint density at radius 3 is 2.19 bits per heavy atom. The van der Waals surface area contributed by atoms with E-state index in [0.29, 0.717) is 32.7 Å². The summed E-state index contributed by atoms with van der Waals surface area (Å²) in [6.07, 6.45) is 0.666. The molecule has 0 aliphatic rings. The van der Waals surface area contributed by atoms with Gasteiger partial charge in [0.25, 0.3) is 0 Å². The molecule has 0 fully saturated rings. The van der Waals surface area contributed by atoms with Gasteiger partial charge >= 0.3 is 0 Å². The maximum atomic E-state index is 12.2. The Morgan fingerprint density at radius 2 is 1.81 bits per heavy atom. The number of ether oxygens (including phenoxy) is 1. The maximum absolute atomic E-state index is 12.2. The normalized spacial score (nSPS) is 13.4. The molecule has 0 rings (SSSR count). The smallest absolute Gasteiger partial charge is 0.219 e. The van der Waals surface area contributed by atoms with Crippen LogP contribution in [0.2, 0.25) is 0 Å². The number of sulfonamides is 1. The Labute approximate surface area is 99.0 Å². The van der Waals surface area contributed by atoms with E-state index in [0.717, 1.165) is 0 Å². The molecule has 0 bridgehead atoms. The fourth-order valence-electron chi connectivity index (χ4n) is 1.20. The second-order valence-electron chi connectivity index (χ2n) is 4.65. The highest BCUT2D eigenvalue weighted by atomic mass is 32.2. The van der Waals surface area contributed by atoms with Crippen molar-refractivity contribution in [2.75, 3.05) is 33.4 Å². The van der Waals surface area contributed by atoms with Gasteiger partial charge in [0.15, 0.2) is 0 Å². The maximum Gasteiger partial charge on any atom is 0.219 e. The Balaban J connectivity index is 4.73. The first-order chi connectivity index (χ1) is 7.27. The molecule has 0 atom stereocenters. The van der Waals surface area contributed by atoms with E-state index in [1.54, 1.807) is 27.9 Å². The van der Waals surface area contributed by atoms with Gasteiger partial charge < -0.3 is 10.5 Å². The average Bonchev–Trinajstić information content (AvgIpc) is 2.16. The van der Waals surface area contributed by atoms with Gasteiger partial charge in [0.1, 0.15) is 0 Å². The third-order valence-corrected chi connectivity index (χ3v) is 4.86. The van der Waals surface area contributed by atoms with Crippen LogP contribution in [0, 0.1) is 0 Å². The zero-order chi connectivity index (χ0) is 12.8. The molecule has 0 unspecified atom stereocenters. The molecule has 0 spiro atoms. The highest BCUT2D eigenvalue weighted by Crippen LogP contribution is 2.20. The summed E-state index contributed by atoms with van der Waals surface area (Å²) in [5, 5.41) is 0. The third kappa shape index (κ3) is 4.37. The first kappa shape index (κ1) is 15.8. The lowest BCUT2D eigenvalue weighted by molar-refractivity contribution is 0.178. The van der Waals surface area contributed by atoms with Gasteiger partial charge in [0, 0.05) is 20.2 Å². The van der Waals surface area contributed by atoms with E-state index < -0.39 is 14.8 Å². The fourth-order valence-corrected chi connectivity index (χ4v) is 2.66. The van der Waals surface area contributed by atoms with Crippen molar-refractivity contribution in [1.29, 1.82) is 0 Å². The van der Waals surface area contributed by atoms with Gasteiger partial charge in [-0.05, 0) is 33.7 Å². The molecule has 0 aliphatic heterocycles. The molecule has 0 aromatic rings. The highest BCUT2D eigenvalue weighted by molar-refractivity contribution is 7.90. The van der Waals surface area contributed by atoms with Crippen molar-refractivity contribution in [2.45, 2.75) is 31.9 Å². The van der Waals surface area contributed by atoms with E-state index in [1.165, 1.54) is 4.31 Å². The first-order valence-electron chi connectivity index (χ1n) is 5.46. The van der Waals surface area contributed by atoms with Crippen molar-refractivity contribution in [2.24, 2.45) is 5.73 Å². The van der Waals surface area contributed by atoms with E-state index in [2.05, 4.69) is 0 Å². The van der Waals surface area contributed by atoms with Crippen LogP contribution in [0.1, 0.15) is 27.2 Å². The summed E-state index contributed by atoms with van der Waals surface area (Å²) in [7, 11) is -1.72. The van der Waals surface area contributed by atoms with Crippen LogP contribution in [0.5, 0.6) is 0 Å². The molecular formula is C10H24N2O3S. The van der Waals surface area contributed by atoms with Gasteiger partial charge in [0.2, 0.25) is 10.0 Å². The third-order valence-electron chi connectivity index (χ3n) is 2.27. The average molecular weight is 252 g/mol. The lowest BCUT2D eigenvalue weighted by Gasteiger charge is -2.29. The van der Waals surface area contributed by atoms with Crippen molar-refractivity contribution < 1.29 is 13.2 Å². The lowest BCUT2D eigenvalue weighted by Crippen LogP contribution is -2.45. The van der Waals surface area contributed by atoms with Crippen molar-refractivity contribution in [3.05, 3.63) is 0 Å². The van der Waals surface area contributed by atoms with E-state index in [-0.39, 0.29) is 0 Å². The van der Waals surface area contributed by atoms with Crippen LogP contribution in [0.4, 0.5) is 0 Å². The molecule has 5 nitrogen and oxygen atoms in total. The lowest BCUT2D eigenvalue weighted by atomic mass is 10.3. The van der Waals surface area contributed by atoms with Gasteiger partial charge in [-0.3, -0.25) is 0 Å². The molecular weight excluding hydrogens is 228 g/mol. The van der Waals surface area contributed by atoms with Gasteiger partial charge in [-0.2, -0.15) is 4.31 Å². The van der Waals surface area contributed by atoms with Gasteiger partial charge in [0.05, 0.1) is 11.4 Å². The summed E-state index contributed by atoms with van der Waals surface area (Å²) in [6.45, 7) is 6.83. The molecule has 0 amide bonds. The summed E-state index contributed by atoms with van der Waals surface area (Å²) in [5.74, 6) is 0. The summed E-state index contributed by atoms with van der Waals surface area (Å²) in [6, 6.07) is 0. The molecule has 0 aromatic carbocycles. The number of rotatable bonds is 7. The molecule has 0 saturated carbocycles. The largest absolute Gasteiger partial charge is 0.383 e. The number of hydrogen-bond acceptors (Lipinski definition) is 4. The van der Waals surface area contributed by atoms with Crippen molar-refractivity contribution in [3.8, 4) is 0 Å². The van der Waals surface area contributed by atoms with Crippen molar-refractivity contribution in [1.82, 2.24) is 4.31 Å². The van der Waals surface area contributed by atoms with E-state index >= 15 is 0 Å². The van der Waals surface area contributed by atoms with Crippen LogP contribution in [-0.4, -0.2) is 50.8 Å². The number of methoxy groups -OCH3 is 1. The van der Waals surface area contributed by atoms with Crippen LogP contribution in [0.15, 0.2) is 0 Å². The second kappa shape index (κ2) is 6.54. The molecule has 16 heavy (non-hydrogen) atoms. The molecule has 0 aromatic heterocycles. The Morgan fingerprint density at radius 1 is 1.25 bits per heavy atom. The van der Waals surface area contributed by atoms with E-state index in [1.807, 2.05) is 0 Å². The molecule has 0 aliphatic carbocycles. The zero-order valence-electron chi connectivity index (χ0n) is 10.7. The minimum Gasteiger partial charge on any atom is -0.383 e. The number of hydrogen-bond donors (Lipinski definition) is 1. The summed E-state index contributed by atoms with van der Waals surface area (Å²) < 4.78 is 30.0. The van der Waals surface area contributed by atoms with Crippen LogP contribution in [-0.2, 0) is 14.8 Å². The predicted molar refractivity (Wildman–Crippen MR) is 65.8 cm³/mol. The van der Waals surface area contributed by atoms with Crippen LogP contribution in [0.25, 0.3) is 0 Å².